The Hall–Kier alpha value is -2.65. The molecule has 3 rings (SSSR count). The summed E-state index contributed by atoms with van der Waals surface area (Å²) >= 11 is 0. The van der Waals surface area contributed by atoms with Crippen molar-refractivity contribution < 1.29 is 26.1 Å². The molecule has 0 saturated heterocycles. The van der Waals surface area contributed by atoms with Crippen LogP contribution in [0.4, 0.5) is 13.2 Å². The molecule has 0 radical (unpaired) electrons. The average Bonchev–Trinajstić information content (AvgIpc) is 2.86. The van der Waals surface area contributed by atoms with Gasteiger partial charge in [-0.3, -0.25) is 0 Å². The zero-order valence-corrected chi connectivity index (χ0v) is 13.6. The molecule has 0 atom stereocenters. The fraction of sp³-hybridized carbons (Fsp3) is 0.0625. The van der Waals surface area contributed by atoms with Gasteiger partial charge in [-0.15, -0.1) is 0 Å². The molecule has 0 aliphatic rings. The molecule has 0 unspecified atom stereocenters. The first-order valence-electron chi connectivity index (χ1n) is 6.93. The summed E-state index contributed by atoms with van der Waals surface area (Å²) in [5, 5.41) is 8.62. The summed E-state index contributed by atoms with van der Waals surface area (Å²) in [5.74, 6) is -2.99. The van der Waals surface area contributed by atoms with E-state index in [0.717, 1.165) is 12.1 Å². The van der Waals surface area contributed by atoms with E-state index in [2.05, 4.69) is 5.16 Å². The molecule has 9 heteroatoms. The Balaban J connectivity index is 2.24. The van der Waals surface area contributed by atoms with Crippen LogP contribution in [0.25, 0.3) is 22.4 Å². The zero-order valence-electron chi connectivity index (χ0n) is 12.8. The molecule has 130 valence electrons. The number of rotatable bonds is 3. The lowest BCUT2D eigenvalue weighted by atomic mass is 9.99. The van der Waals surface area contributed by atoms with E-state index < -0.39 is 32.4 Å². The summed E-state index contributed by atoms with van der Waals surface area (Å²) < 4.78 is 69.3. The van der Waals surface area contributed by atoms with Gasteiger partial charge >= 0.3 is 0 Å². The largest absolute Gasteiger partial charge is 0.360 e. The minimum Gasteiger partial charge on any atom is -0.360 e. The van der Waals surface area contributed by atoms with Gasteiger partial charge in [0, 0.05) is 5.56 Å². The average molecular weight is 368 g/mol. The van der Waals surface area contributed by atoms with E-state index in [-0.39, 0.29) is 22.6 Å². The molecule has 0 aliphatic heterocycles. The topological polar surface area (TPSA) is 86.2 Å². The number of hydrogen-bond donors (Lipinski definition) is 1. The molecule has 0 bridgehead atoms. The number of halogens is 3. The molecule has 1 heterocycles. The quantitative estimate of drug-likeness (QED) is 0.768. The van der Waals surface area contributed by atoms with E-state index in [0.29, 0.717) is 5.56 Å². The minimum absolute atomic E-state index is 0.0135. The van der Waals surface area contributed by atoms with Crippen molar-refractivity contribution in [1.29, 1.82) is 0 Å². The zero-order chi connectivity index (χ0) is 18.4. The van der Waals surface area contributed by atoms with Crippen molar-refractivity contribution in [3.05, 3.63) is 59.6 Å². The monoisotopic (exact) mass is 368 g/mol. The lowest BCUT2D eigenvalue weighted by Crippen LogP contribution is -2.16. The highest BCUT2D eigenvalue weighted by Crippen LogP contribution is 2.36. The third kappa shape index (κ3) is 3.15. The summed E-state index contributed by atoms with van der Waals surface area (Å²) in [4.78, 5) is -1.22. The summed E-state index contributed by atoms with van der Waals surface area (Å²) in [5.41, 5.74) is 0.701. The number of hydrogen-bond acceptors (Lipinski definition) is 4. The van der Waals surface area contributed by atoms with Crippen molar-refractivity contribution in [2.75, 3.05) is 0 Å². The maximum absolute atomic E-state index is 14.1. The van der Waals surface area contributed by atoms with E-state index in [9.17, 15) is 21.6 Å². The van der Waals surface area contributed by atoms with Gasteiger partial charge in [-0.1, -0.05) is 17.3 Å². The second-order valence-corrected chi connectivity index (χ2v) is 6.79. The highest BCUT2D eigenvalue weighted by atomic mass is 32.2. The Kier molecular flexibility index (Phi) is 4.13. The van der Waals surface area contributed by atoms with Crippen LogP contribution in [0.15, 0.2) is 45.8 Å². The van der Waals surface area contributed by atoms with Crippen LogP contribution in [0, 0.1) is 24.4 Å². The first kappa shape index (κ1) is 17.2. The Morgan fingerprint density at radius 3 is 2.24 bits per heavy atom. The van der Waals surface area contributed by atoms with Crippen LogP contribution in [0.1, 0.15) is 5.76 Å². The molecular weight excluding hydrogens is 357 g/mol. The van der Waals surface area contributed by atoms with Gasteiger partial charge in [-0.25, -0.2) is 26.7 Å². The number of primary sulfonamides is 1. The number of nitrogens with zero attached hydrogens (tertiary/aromatic N) is 1. The Morgan fingerprint density at radius 2 is 1.68 bits per heavy atom. The van der Waals surface area contributed by atoms with Crippen LogP contribution in [0.3, 0.4) is 0 Å². The summed E-state index contributed by atoms with van der Waals surface area (Å²) in [7, 11) is -4.57. The van der Waals surface area contributed by atoms with Crippen molar-refractivity contribution in [2.45, 2.75) is 11.8 Å². The van der Waals surface area contributed by atoms with E-state index in [1.165, 1.54) is 25.1 Å². The highest BCUT2D eigenvalue weighted by molar-refractivity contribution is 7.89. The second-order valence-electron chi connectivity index (χ2n) is 5.29. The highest BCUT2D eigenvalue weighted by Gasteiger charge is 2.24. The van der Waals surface area contributed by atoms with Crippen LogP contribution in [0.5, 0.6) is 0 Å². The Bertz CT molecular complexity index is 1050. The molecule has 5 nitrogen and oxygen atoms in total. The van der Waals surface area contributed by atoms with Crippen molar-refractivity contribution in [2.24, 2.45) is 5.14 Å². The molecule has 0 saturated carbocycles. The van der Waals surface area contributed by atoms with Crippen LogP contribution in [-0.2, 0) is 10.0 Å². The van der Waals surface area contributed by atoms with E-state index in [1.54, 1.807) is 6.07 Å². The Labute approximate surface area is 140 Å². The SMILES string of the molecule is Cc1onc(-c2cccc(F)c2)c1-c1cc(F)c(S(N)(=O)=O)c(F)c1. The normalized spacial score (nSPS) is 11.7. The summed E-state index contributed by atoms with van der Waals surface area (Å²) in [6, 6.07) is 7.04. The fourth-order valence-corrected chi connectivity index (χ4v) is 3.18. The molecule has 25 heavy (non-hydrogen) atoms. The third-order valence-corrected chi connectivity index (χ3v) is 4.49. The molecule has 0 amide bonds. The predicted molar refractivity (Wildman–Crippen MR) is 83.4 cm³/mol. The number of nitrogens with two attached hydrogens (primary N) is 1. The number of benzene rings is 2. The smallest absolute Gasteiger partial charge is 0.243 e. The van der Waals surface area contributed by atoms with Gasteiger partial charge in [0.2, 0.25) is 10.0 Å². The lowest BCUT2D eigenvalue weighted by Gasteiger charge is -2.07. The van der Waals surface area contributed by atoms with Gasteiger partial charge in [0.05, 0.1) is 5.56 Å². The minimum atomic E-state index is -4.57. The van der Waals surface area contributed by atoms with Gasteiger partial charge in [0.15, 0.2) is 4.90 Å². The number of sulfonamides is 1. The Morgan fingerprint density at radius 1 is 1.04 bits per heavy atom. The molecule has 2 aromatic carbocycles. The summed E-state index contributed by atoms with van der Waals surface area (Å²) in [6.07, 6.45) is 0. The van der Waals surface area contributed by atoms with Crippen molar-refractivity contribution in [1.82, 2.24) is 5.16 Å². The van der Waals surface area contributed by atoms with Gasteiger partial charge in [0.25, 0.3) is 0 Å². The van der Waals surface area contributed by atoms with Gasteiger partial charge in [0.1, 0.15) is 28.9 Å². The second kappa shape index (κ2) is 6.01. The number of aryl methyl sites for hydroxylation is 1. The molecule has 0 aliphatic carbocycles. The molecular formula is C16H11F3N2O3S. The third-order valence-electron chi connectivity index (χ3n) is 3.53. The standard InChI is InChI=1S/C16H11F3N2O3S/c1-8-14(15(21-24-8)9-3-2-4-11(17)5-9)10-6-12(18)16(13(19)7-10)25(20,22)23/h2-7H,1H3,(H2,20,22,23). The summed E-state index contributed by atoms with van der Waals surface area (Å²) in [6.45, 7) is 1.51. The number of aromatic nitrogens is 1. The maximum Gasteiger partial charge on any atom is 0.243 e. The van der Waals surface area contributed by atoms with Gasteiger partial charge < -0.3 is 4.52 Å². The van der Waals surface area contributed by atoms with Crippen LogP contribution in [0.2, 0.25) is 0 Å². The van der Waals surface area contributed by atoms with E-state index in [4.69, 9.17) is 9.66 Å². The van der Waals surface area contributed by atoms with Crippen molar-refractivity contribution in [3.63, 3.8) is 0 Å². The fourth-order valence-electron chi connectivity index (χ4n) is 2.52. The van der Waals surface area contributed by atoms with Gasteiger partial charge in [-0.05, 0) is 36.8 Å². The van der Waals surface area contributed by atoms with E-state index >= 15 is 0 Å². The first-order chi connectivity index (χ1) is 11.7. The maximum atomic E-state index is 14.1. The van der Waals surface area contributed by atoms with Crippen LogP contribution < -0.4 is 5.14 Å². The predicted octanol–water partition coefficient (Wildman–Crippen LogP) is 3.38. The molecule has 3 aromatic rings. The molecule has 0 fully saturated rings. The molecule has 2 N–H and O–H groups in total. The van der Waals surface area contributed by atoms with Crippen molar-refractivity contribution in [3.8, 4) is 22.4 Å². The van der Waals surface area contributed by atoms with Crippen LogP contribution in [-0.4, -0.2) is 13.6 Å². The lowest BCUT2D eigenvalue weighted by molar-refractivity contribution is 0.400. The van der Waals surface area contributed by atoms with Crippen molar-refractivity contribution >= 4 is 10.0 Å². The molecule has 1 aromatic heterocycles. The first-order valence-corrected chi connectivity index (χ1v) is 8.47. The van der Waals surface area contributed by atoms with Crippen LogP contribution >= 0.6 is 0 Å². The van der Waals surface area contributed by atoms with Gasteiger partial charge in [-0.2, -0.15) is 0 Å². The van der Waals surface area contributed by atoms with E-state index in [1.807, 2.05) is 0 Å². The molecule has 0 spiro atoms.